The predicted octanol–water partition coefficient (Wildman–Crippen LogP) is 0.355. The molecular formula is C15H20N3O3+. The fourth-order valence-corrected chi connectivity index (χ4v) is 2.49. The van der Waals surface area contributed by atoms with Crippen molar-refractivity contribution in [3.8, 4) is 0 Å². The summed E-state index contributed by atoms with van der Waals surface area (Å²) < 4.78 is 0. The highest BCUT2D eigenvalue weighted by Gasteiger charge is 2.20. The molecule has 0 atom stereocenters. The van der Waals surface area contributed by atoms with Gasteiger partial charge in [0.1, 0.15) is 0 Å². The van der Waals surface area contributed by atoms with Gasteiger partial charge in [0.2, 0.25) is 5.91 Å². The Morgan fingerprint density at radius 1 is 1.38 bits per heavy atom. The number of para-hydroxylation sites is 1. The number of carbonyl (C=O) groups is 1. The molecule has 6 nitrogen and oxygen atoms in total. The molecule has 0 aromatic heterocycles. The number of quaternary nitrogens is 1. The Balaban J connectivity index is 1.89. The summed E-state index contributed by atoms with van der Waals surface area (Å²) >= 11 is 0. The van der Waals surface area contributed by atoms with Crippen LogP contribution in [0.5, 0.6) is 0 Å². The topological polar surface area (TPSA) is 67.9 Å². The van der Waals surface area contributed by atoms with Crippen molar-refractivity contribution in [3.05, 3.63) is 46.0 Å². The lowest BCUT2D eigenvalue weighted by molar-refractivity contribution is -0.898. The maximum Gasteiger partial charge on any atom is 0.276 e. The number of nitrogens with one attached hydrogen (secondary N) is 1. The van der Waals surface area contributed by atoms with Crippen molar-refractivity contribution in [3.63, 3.8) is 0 Å². The number of carbonyl (C=O) groups excluding carboxylic acids is 1. The van der Waals surface area contributed by atoms with Crippen LogP contribution < -0.4 is 4.90 Å². The second-order valence-electron chi connectivity index (χ2n) is 5.18. The molecule has 6 heteroatoms. The molecule has 1 amide bonds. The number of nitro benzene ring substituents is 1. The van der Waals surface area contributed by atoms with Gasteiger partial charge >= 0.3 is 0 Å². The molecule has 1 saturated heterocycles. The van der Waals surface area contributed by atoms with Gasteiger partial charge in [-0.25, -0.2) is 0 Å². The van der Waals surface area contributed by atoms with E-state index in [2.05, 4.69) is 0 Å². The van der Waals surface area contributed by atoms with E-state index in [4.69, 9.17) is 0 Å². The zero-order chi connectivity index (χ0) is 15.2. The summed E-state index contributed by atoms with van der Waals surface area (Å²) in [6, 6.07) is 6.72. The highest BCUT2D eigenvalue weighted by molar-refractivity contribution is 5.73. The second-order valence-corrected chi connectivity index (χ2v) is 5.18. The van der Waals surface area contributed by atoms with Gasteiger partial charge in [0.25, 0.3) is 5.69 Å². The number of hydrogen-bond acceptors (Lipinski definition) is 3. The summed E-state index contributed by atoms with van der Waals surface area (Å²) in [5, 5.41) is 10.9. The summed E-state index contributed by atoms with van der Waals surface area (Å²) in [4.78, 5) is 25.0. The minimum atomic E-state index is -0.363. The molecular weight excluding hydrogens is 270 g/mol. The SMILES string of the molecule is CC(=O)N1CC[NH+](C/C=C/c2ccccc2[N+](=O)[O-])CC1. The minimum Gasteiger partial charge on any atom is -0.332 e. The number of piperazine rings is 1. The molecule has 1 fully saturated rings. The van der Waals surface area contributed by atoms with Gasteiger partial charge in [-0.15, -0.1) is 0 Å². The van der Waals surface area contributed by atoms with Gasteiger partial charge in [-0.05, 0) is 18.2 Å². The molecule has 21 heavy (non-hydrogen) atoms. The van der Waals surface area contributed by atoms with Crippen LogP contribution in [0.15, 0.2) is 30.3 Å². The first-order valence-corrected chi connectivity index (χ1v) is 7.07. The van der Waals surface area contributed by atoms with Crippen LogP contribution in [0.1, 0.15) is 12.5 Å². The van der Waals surface area contributed by atoms with Crippen LogP contribution in [0, 0.1) is 10.1 Å². The molecule has 1 heterocycles. The Kier molecular flexibility index (Phi) is 5.05. The van der Waals surface area contributed by atoms with E-state index in [-0.39, 0.29) is 16.5 Å². The van der Waals surface area contributed by atoms with E-state index in [0.717, 1.165) is 32.7 Å². The zero-order valence-electron chi connectivity index (χ0n) is 12.1. The Hall–Kier alpha value is -2.21. The Morgan fingerprint density at radius 3 is 2.67 bits per heavy atom. The van der Waals surface area contributed by atoms with Crippen LogP contribution in [-0.4, -0.2) is 48.5 Å². The van der Waals surface area contributed by atoms with Crippen molar-refractivity contribution in [1.82, 2.24) is 4.90 Å². The van der Waals surface area contributed by atoms with Crippen molar-refractivity contribution in [2.24, 2.45) is 0 Å². The van der Waals surface area contributed by atoms with Gasteiger partial charge < -0.3 is 9.80 Å². The van der Waals surface area contributed by atoms with E-state index >= 15 is 0 Å². The average Bonchev–Trinajstić information content (AvgIpc) is 2.48. The standard InChI is InChI=1S/C15H19N3O3/c1-13(19)17-11-9-16(10-12-17)8-4-6-14-5-2-3-7-15(14)18(20)21/h2-7H,8-12H2,1H3/p+1/b6-4+. The van der Waals surface area contributed by atoms with E-state index in [0.29, 0.717) is 5.56 Å². The molecule has 1 aliphatic rings. The van der Waals surface area contributed by atoms with E-state index in [1.54, 1.807) is 25.1 Å². The monoisotopic (exact) mass is 290 g/mol. The first-order chi connectivity index (χ1) is 10.1. The summed E-state index contributed by atoms with van der Waals surface area (Å²) in [5.74, 6) is 0.129. The van der Waals surface area contributed by atoms with Gasteiger partial charge in [0, 0.05) is 13.0 Å². The normalized spacial score (nSPS) is 16.3. The first kappa shape index (κ1) is 15.2. The van der Waals surface area contributed by atoms with Crippen LogP contribution in [0.2, 0.25) is 0 Å². The molecule has 1 aromatic carbocycles. The van der Waals surface area contributed by atoms with Gasteiger partial charge in [0.05, 0.1) is 43.2 Å². The van der Waals surface area contributed by atoms with Crippen LogP contribution in [0.3, 0.4) is 0 Å². The third-order valence-corrected chi connectivity index (χ3v) is 3.75. The van der Waals surface area contributed by atoms with Crippen LogP contribution in [-0.2, 0) is 4.79 Å². The lowest BCUT2D eigenvalue weighted by Gasteiger charge is -2.30. The molecule has 1 aromatic rings. The Bertz CT molecular complexity index is 549. The third-order valence-electron chi connectivity index (χ3n) is 3.75. The van der Waals surface area contributed by atoms with Gasteiger partial charge in [-0.2, -0.15) is 0 Å². The van der Waals surface area contributed by atoms with Crippen molar-refractivity contribution in [2.45, 2.75) is 6.92 Å². The zero-order valence-corrected chi connectivity index (χ0v) is 12.1. The predicted molar refractivity (Wildman–Crippen MR) is 79.9 cm³/mol. The molecule has 1 N–H and O–H groups in total. The Morgan fingerprint density at radius 2 is 2.05 bits per heavy atom. The highest BCUT2D eigenvalue weighted by atomic mass is 16.6. The fraction of sp³-hybridized carbons (Fsp3) is 0.400. The van der Waals surface area contributed by atoms with Crippen molar-refractivity contribution in [1.29, 1.82) is 0 Å². The summed E-state index contributed by atoms with van der Waals surface area (Å²) in [7, 11) is 0. The molecule has 0 bridgehead atoms. The highest BCUT2D eigenvalue weighted by Crippen LogP contribution is 2.18. The van der Waals surface area contributed by atoms with Crippen molar-refractivity contribution >= 4 is 17.7 Å². The van der Waals surface area contributed by atoms with Crippen LogP contribution >= 0.6 is 0 Å². The number of rotatable bonds is 4. The van der Waals surface area contributed by atoms with E-state index in [9.17, 15) is 14.9 Å². The van der Waals surface area contributed by atoms with E-state index in [1.165, 1.54) is 11.0 Å². The molecule has 112 valence electrons. The van der Waals surface area contributed by atoms with Crippen molar-refractivity contribution in [2.75, 3.05) is 32.7 Å². The fourth-order valence-electron chi connectivity index (χ4n) is 2.49. The molecule has 0 spiro atoms. The van der Waals surface area contributed by atoms with Crippen LogP contribution in [0.4, 0.5) is 5.69 Å². The number of nitro groups is 1. The molecule has 0 unspecified atom stereocenters. The molecule has 0 saturated carbocycles. The first-order valence-electron chi connectivity index (χ1n) is 7.07. The average molecular weight is 290 g/mol. The number of benzene rings is 1. The molecule has 0 aliphatic carbocycles. The van der Waals surface area contributed by atoms with Crippen molar-refractivity contribution < 1.29 is 14.6 Å². The van der Waals surface area contributed by atoms with Gasteiger partial charge in [-0.3, -0.25) is 14.9 Å². The Labute approximate surface area is 123 Å². The van der Waals surface area contributed by atoms with Gasteiger partial charge in [0.15, 0.2) is 0 Å². The maximum atomic E-state index is 11.2. The molecule has 0 radical (unpaired) electrons. The number of nitrogens with zero attached hydrogens (tertiary/aromatic N) is 2. The second kappa shape index (κ2) is 6.99. The maximum absolute atomic E-state index is 11.2. The molecule has 2 rings (SSSR count). The summed E-state index contributed by atoms with van der Waals surface area (Å²) in [5.41, 5.74) is 0.759. The summed E-state index contributed by atoms with van der Waals surface area (Å²) in [6.07, 6.45) is 3.78. The largest absolute Gasteiger partial charge is 0.332 e. The number of amides is 1. The van der Waals surface area contributed by atoms with E-state index in [1.807, 2.05) is 17.1 Å². The smallest absolute Gasteiger partial charge is 0.276 e. The lowest BCUT2D eigenvalue weighted by Crippen LogP contribution is -3.14. The third kappa shape index (κ3) is 4.13. The quantitative estimate of drug-likeness (QED) is 0.643. The van der Waals surface area contributed by atoms with Gasteiger partial charge in [-0.1, -0.05) is 12.1 Å². The van der Waals surface area contributed by atoms with Crippen LogP contribution in [0.25, 0.3) is 6.08 Å². The lowest BCUT2D eigenvalue weighted by atomic mass is 10.1. The van der Waals surface area contributed by atoms with E-state index < -0.39 is 0 Å². The molecule has 1 aliphatic heterocycles. The number of hydrogen-bond donors (Lipinski definition) is 1. The summed E-state index contributed by atoms with van der Waals surface area (Å²) in [6.45, 7) is 5.81. The minimum absolute atomic E-state index is 0.129.